The Morgan fingerprint density at radius 2 is 2.20 bits per heavy atom. The minimum absolute atomic E-state index is 0.0730. The van der Waals surface area contributed by atoms with Gasteiger partial charge in [0.15, 0.2) is 0 Å². The van der Waals surface area contributed by atoms with Gasteiger partial charge in [-0.15, -0.1) is 0 Å². The fraction of sp³-hybridized carbons (Fsp3) is 0.421. The number of amides is 2. The van der Waals surface area contributed by atoms with Gasteiger partial charge in [-0.1, -0.05) is 31.2 Å². The van der Waals surface area contributed by atoms with Crippen LogP contribution in [-0.2, 0) is 16.1 Å². The number of benzene rings is 1. The monoisotopic (exact) mass is 340 g/mol. The lowest BCUT2D eigenvalue weighted by molar-refractivity contribution is -0.138. The summed E-state index contributed by atoms with van der Waals surface area (Å²) in [6.07, 6.45) is 6.42. The van der Waals surface area contributed by atoms with Crippen LogP contribution in [0.3, 0.4) is 0 Å². The zero-order chi connectivity index (χ0) is 17.6. The van der Waals surface area contributed by atoms with Crippen LogP contribution in [0.15, 0.2) is 36.7 Å². The maximum atomic E-state index is 12.6. The molecule has 1 aliphatic heterocycles. The third-order valence-corrected chi connectivity index (χ3v) is 4.56. The Morgan fingerprint density at radius 3 is 2.96 bits per heavy atom. The molecule has 1 aromatic carbocycles. The highest BCUT2D eigenvalue weighted by Crippen LogP contribution is 2.21. The van der Waals surface area contributed by atoms with E-state index in [4.69, 9.17) is 0 Å². The molecule has 2 N–H and O–H groups in total. The number of nitrogens with one attached hydrogen (secondary N) is 2. The van der Waals surface area contributed by atoms with Gasteiger partial charge in [-0.3, -0.25) is 9.59 Å². The van der Waals surface area contributed by atoms with Gasteiger partial charge < -0.3 is 15.2 Å². The second-order valence-electron chi connectivity index (χ2n) is 6.31. The second kappa shape index (κ2) is 7.96. The average Bonchev–Trinajstić information content (AvgIpc) is 3.31. The lowest BCUT2D eigenvalue weighted by Gasteiger charge is -2.24. The van der Waals surface area contributed by atoms with E-state index >= 15 is 0 Å². The van der Waals surface area contributed by atoms with Crippen LogP contribution in [0.5, 0.6) is 0 Å². The standard InChI is InChI=1S/C19H24N4O2/c1-2-6-17(24)23-12-5-9-16(23)19(25)22-13-14-7-3-4-8-15(14)18-20-10-11-21-18/h3-4,7-8,10-11,16H,2,5-6,9,12-13H2,1H3,(H,20,21)(H,22,25). The molecular weight excluding hydrogens is 316 g/mol. The Morgan fingerprint density at radius 1 is 1.36 bits per heavy atom. The minimum atomic E-state index is -0.338. The summed E-state index contributed by atoms with van der Waals surface area (Å²) in [5.74, 6) is 0.790. The van der Waals surface area contributed by atoms with Crippen molar-refractivity contribution >= 4 is 11.8 Å². The Bertz CT molecular complexity index is 727. The van der Waals surface area contributed by atoms with E-state index in [2.05, 4.69) is 15.3 Å². The molecule has 0 aliphatic carbocycles. The van der Waals surface area contributed by atoms with E-state index in [0.29, 0.717) is 19.5 Å². The van der Waals surface area contributed by atoms with Gasteiger partial charge in [0.2, 0.25) is 11.8 Å². The van der Waals surface area contributed by atoms with Crippen LogP contribution in [0.2, 0.25) is 0 Å². The first kappa shape index (κ1) is 17.2. The van der Waals surface area contributed by atoms with Gasteiger partial charge in [0.25, 0.3) is 0 Å². The zero-order valence-corrected chi connectivity index (χ0v) is 14.5. The van der Waals surface area contributed by atoms with Gasteiger partial charge in [0.1, 0.15) is 11.9 Å². The van der Waals surface area contributed by atoms with Crippen LogP contribution in [0, 0.1) is 0 Å². The molecule has 2 aromatic rings. The summed E-state index contributed by atoms with van der Waals surface area (Å²) in [5, 5.41) is 3.00. The third-order valence-electron chi connectivity index (χ3n) is 4.56. The Kier molecular flexibility index (Phi) is 5.48. The molecule has 1 saturated heterocycles. The number of carbonyl (C=O) groups excluding carboxylic acids is 2. The molecule has 6 heteroatoms. The van der Waals surface area contributed by atoms with Crippen molar-refractivity contribution in [3.63, 3.8) is 0 Å². The smallest absolute Gasteiger partial charge is 0.243 e. The van der Waals surface area contributed by atoms with Gasteiger partial charge in [0, 0.05) is 37.5 Å². The number of imidazole rings is 1. The first-order chi connectivity index (χ1) is 12.2. The van der Waals surface area contributed by atoms with Crippen molar-refractivity contribution in [1.29, 1.82) is 0 Å². The molecule has 0 bridgehead atoms. The summed E-state index contributed by atoms with van der Waals surface area (Å²) in [7, 11) is 0. The fourth-order valence-electron chi connectivity index (χ4n) is 3.31. The molecule has 1 aliphatic rings. The molecule has 2 heterocycles. The van der Waals surface area contributed by atoms with Crippen molar-refractivity contribution in [3.05, 3.63) is 42.2 Å². The predicted octanol–water partition coefficient (Wildman–Crippen LogP) is 2.48. The number of aromatic amines is 1. The van der Waals surface area contributed by atoms with E-state index in [1.165, 1.54) is 0 Å². The number of nitrogens with zero attached hydrogens (tertiary/aromatic N) is 2. The average molecular weight is 340 g/mol. The first-order valence-corrected chi connectivity index (χ1v) is 8.85. The summed E-state index contributed by atoms with van der Waals surface area (Å²) in [6, 6.07) is 7.51. The van der Waals surface area contributed by atoms with Gasteiger partial charge in [-0.25, -0.2) is 4.98 Å². The van der Waals surface area contributed by atoms with Crippen molar-refractivity contribution < 1.29 is 9.59 Å². The lowest BCUT2D eigenvalue weighted by Crippen LogP contribution is -2.45. The molecule has 0 spiro atoms. The quantitative estimate of drug-likeness (QED) is 0.848. The van der Waals surface area contributed by atoms with Crippen molar-refractivity contribution in [2.24, 2.45) is 0 Å². The van der Waals surface area contributed by atoms with Crippen molar-refractivity contribution in [1.82, 2.24) is 20.2 Å². The number of hydrogen-bond donors (Lipinski definition) is 2. The number of aromatic nitrogens is 2. The molecule has 1 unspecified atom stereocenters. The first-order valence-electron chi connectivity index (χ1n) is 8.85. The van der Waals surface area contributed by atoms with Crippen molar-refractivity contribution in [2.45, 2.75) is 45.2 Å². The molecule has 25 heavy (non-hydrogen) atoms. The highest BCUT2D eigenvalue weighted by atomic mass is 16.2. The molecule has 6 nitrogen and oxygen atoms in total. The molecule has 0 radical (unpaired) electrons. The van der Waals surface area contributed by atoms with E-state index in [-0.39, 0.29) is 17.9 Å². The van der Waals surface area contributed by atoms with E-state index in [9.17, 15) is 9.59 Å². The van der Waals surface area contributed by atoms with Crippen LogP contribution in [0.4, 0.5) is 0 Å². The Hall–Kier alpha value is -2.63. The molecule has 1 aromatic heterocycles. The maximum Gasteiger partial charge on any atom is 0.243 e. The molecule has 132 valence electrons. The van der Waals surface area contributed by atoms with Crippen LogP contribution in [0.25, 0.3) is 11.4 Å². The Labute approximate surface area is 147 Å². The van der Waals surface area contributed by atoms with Crippen LogP contribution in [0.1, 0.15) is 38.2 Å². The van der Waals surface area contributed by atoms with Gasteiger partial charge in [0.05, 0.1) is 0 Å². The second-order valence-corrected chi connectivity index (χ2v) is 6.31. The van der Waals surface area contributed by atoms with E-state index in [0.717, 1.165) is 36.2 Å². The highest BCUT2D eigenvalue weighted by molar-refractivity contribution is 5.88. The summed E-state index contributed by atoms with van der Waals surface area (Å²) in [6.45, 7) is 3.08. The fourth-order valence-corrected chi connectivity index (χ4v) is 3.31. The summed E-state index contributed by atoms with van der Waals surface area (Å²) >= 11 is 0. The zero-order valence-electron chi connectivity index (χ0n) is 14.5. The van der Waals surface area contributed by atoms with Crippen LogP contribution in [-0.4, -0.2) is 39.3 Å². The molecule has 1 fully saturated rings. The molecule has 3 rings (SSSR count). The number of likely N-dealkylation sites (tertiary alicyclic amines) is 1. The van der Waals surface area contributed by atoms with E-state index in [1.54, 1.807) is 17.3 Å². The molecule has 2 amide bonds. The minimum Gasteiger partial charge on any atom is -0.350 e. The maximum absolute atomic E-state index is 12.6. The highest BCUT2D eigenvalue weighted by Gasteiger charge is 2.33. The van der Waals surface area contributed by atoms with E-state index in [1.807, 2.05) is 31.2 Å². The molecule has 0 saturated carbocycles. The largest absolute Gasteiger partial charge is 0.350 e. The summed E-state index contributed by atoms with van der Waals surface area (Å²) in [5.41, 5.74) is 1.97. The predicted molar refractivity (Wildman–Crippen MR) is 95.5 cm³/mol. The van der Waals surface area contributed by atoms with Gasteiger partial charge >= 0.3 is 0 Å². The lowest BCUT2D eigenvalue weighted by atomic mass is 10.1. The SMILES string of the molecule is CCCC(=O)N1CCCC1C(=O)NCc1ccccc1-c1ncc[nH]1. The number of H-pyrrole nitrogens is 1. The summed E-state index contributed by atoms with van der Waals surface area (Å²) < 4.78 is 0. The van der Waals surface area contributed by atoms with Crippen molar-refractivity contribution in [2.75, 3.05) is 6.54 Å². The molecule has 1 atom stereocenters. The van der Waals surface area contributed by atoms with Crippen LogP contribution >= 0.6 is 0 Å². The normalized spacial score (nSPS) is 16.8. The topological polar surface area (TPSA) is 78.1 Å². The number of hydrogen-bond acceptors (Lipinski definition) is 3. The number of rotatable bonds is 6. The van der Waals surface area contributed by atoms with Gasteiger partial charge in [-0.2, -0.15) is 0 Å². The third kappa shape index (κ3) is 3.90. The molecular formula is C19H24N4O2. The van der Waals surface area contributed by atoms with Gasteiger partial charge in [-0.05, 0) is 24.8 Å². The van der Waals surface area contributed by atoms with Crippen molar-refractivity contribution in [3.8, 4) is 11.4 Å². The van der Waals surface area contributed by atoms with Crippen LogP contribution < -0.4 is 5.32 Å². The number of carbonyl (C=O) groups is 2. The summed E-state index contributed by atoms with van der Waals surface area (Å²) in [4.78, 5) is 33.9. The Balaban J connectivity index is 1.66. The van der Waals surface area contributed by atoms with E-state index < -0.39 is 0 Å².